The molecule has 2 atom stereocenters. The molecular weight excluding hydrogens is 166 g/mol. The number of carboxylic acids is 1. The molecule has 68 valence electrons. The second-order valence-corrected chi connectivity index (χ2v) is 2.68. The Morgan fingerprint density at radius 2 is 1.92 bits per heavy atom. The maximum Gasteiger partial charge on any atom is 0.408 e. The van der Waals surface area contributed by atoms with Gasteiger partial charge in [-0.2, -0.15) is 0 Å². The maximum atomic E-state index is 10.4. The summed E-state index contributed by atoms with van der Waals surface area (Å²) in [6.07, 6.45) is -2.19. The van der Waals surface area contributed by atoms with Gasteiger partial charge in [-0.15, -0.1) is 0 Å². The fourth-order valence-corrected chi connectivity index (χ4v) is 1.26. The van der Waals surface area contributed by atoms with Gasteiger partial charge >= 0.3 is 12.1 Å². The lowest BCUT2D eigenvalue weighted by molar-refractivity contribution is -0.141. The van der Waals surface area contributed by atoms with Crippen molar-refractivity contribution in [3.05, 3.63) is 0 Å². The first-order valence-corrected chi connectivity index (χ1v) is 3.43. The minimum atomic E-state index is -1.31. The van der Waals surface area contributed by atoms with E-state index in [-0.39, 0.29) is 13.0 Å². The second-order valence-electron chi connectivity index (χ2n) is 2.68. The Morgan fingerprint density at radius 1 is 1.33 bits per heavy atom. The Hall–Kier alpha value is -1.30. The largest absolute Gasteiger partial charge is 0.480 e. The van der Waals surface area contributed by atoms with Crippen LogP contribution in [-0.4, -0.2) is 51.0 Å². The van der Waals surface area contributed by atoms with E-state index >= 15 is 0 Å². The lowest BCUT2D eigenvalue weighted by Crippen LogP contribution is -2.39. The van der Waals surface area contributed by atoms with Gasteiger partial charge in [0.25, 0.3) is 0 Å². The number of carbonyl (C=O) groups is 2. The van der Waals surface area contributed by atoms with Crippen LogP contribution in [0.4, 0.5) is 4.79 Å². The number of nitrogens with zero attached hydrogens (tertiary/aromatic N) is 1. The topological polar surface area (TPSA) is 98.1 Å². The molecule has 1 rings (SSSR count). The zero-order valence-corrected chi connectivity index (χ0v) is 6.17. The molecule has 0 aliphatic carbocycles. The molecule has 0 unspecified atom stereocenters. The van der Waals surface area contributed by atoms with Gasteiger partial charge in [0.05, 0.1) is 12.6 Å². The van der Waals surface area contributed by atoms with Gasteiger partial charge in [0, 0.05) is 6.42 Å². The van der Waals surface area contributed by atoms with Crippen molar-refractivity contribution < 1.29 is 24.9 Å². The van der Waals surface area contributed by atoms with Crippen LogP contribution in [0.1, 0.15) is 6.42 Å². The number of aliphatic hydroxyl groups excluding tert-OH is 1. The molecule has 0 bridgehead atoms. The molecule has 0 spiro atoms. The van der Waals surface area contributed by atoms with Crippen LogP contribution in [0.25, 0.3) is 0 Å². The average molecular weight is 175 g/mol. The number of aliphatic hydroxyl groups is 1. The first kappa shape index (κ1) is 8.79. The van der Waals surface area contributed by atoms with E-state index in [1.54, 1.807) is 0 Å². The molecule has 1 heterocycles. The summed E-state index contributed by atoms with van der Waals surface area (Å²) < 4.78 is 0. The van der Waals surface area contributed by atoms with Crippen LogP contribution in [0.15, 0.2) is 0 Å². The summed E-state index contributed by atoms with van der Waals surface area (Å²) in [7, 11) is 0. The third-order valence-electron chi connectivity index (χ3n) is 1.81. The fraction of sp³-hybridized carbons (Fsp3) is 0.667. The number of aliphatic carboxylic acids is 1. The van der Waals surface area contributed by atoms with Gasteiger partial charge in [-0.1, -0.05) is 0 Å². The molecule has 12 heavy (non-hydrogen) atoms. The van der Waals surface area contributed by atoms with Crippen LogP contribution in [0, 0.1) is 0 Å². The molecule has 0 aromatic carbocycles. The average Bonchev–Trinajstić information content (AvgIpc) is 2.31. The van der Waals surface area contributed by atoms with Crippen molar-refractivity contribution in [3.63, 3.8) is 0 Å². The van der Waals surface area contributed by atoms with E-state index in [2.05, 4.69) is 0 Å². The van der Waals surface area contributed by atoms with Crippen LogP contribution in [0.2, 0.25) is 0 Å². The van der Waals surface area contributed by atoms with E-state index in [1.807, 2.05) is 0 Å². The molecule has 0 aromatic heterocycles. The fourth-order valence-electron chi connectivity index (χ4n) is 1.26. The first-order valence-electron chi connectivity index (χ1n) is 3.43. The minimum absolute atomic E-state index is 0.0262. The zero-order valence-electron chi connectivity index (χ0n) is 6.17. The van der Waals surface area contributed by atoms with Gasteiger partial charge in [0.15, 0.2) is 0 Å². The van der Waals surface area contributed by atoms with Crippen molar-refractivity contribution in [2.75, 3.05) is 6.54 Å². The molecule has 1 fully saturated rings. The van der Waals surface area contributed by atoms with Crippen LogP contribution in [0.5, 0.6) is 0 Å². The molecule has 1 saturated heterocycles. The third-order valence-corrected chi connectivity index (χ3v) is 1.81. The number of likely N-dealkylation sites (tertiary alicyclic amines) is 1. The summed E-state index contributed by atoms with van der Waals surface area (Å²) in [4.78, 5) is 21.6. The summed E-state index contributed by atoms with van der Waals surface area (Å²) in [5.41, 5.74) is 0. The third kappa shape index (κ3) is 1.48. The minimum Gasteiger partial charge on any atom is -0.480 e. The van der Waals surface area contributed by atoms with E-state index in [9.17, 15) is 9.59 Å². The predicted octanol–water partition coefficient (Wildman–Crippen LogP) is -0.816. The van der Waals surface area contributed by atoms with E-state index in [0.717, 1.165) is 4.90 Å². The first-order chi connectivity index (χ1) is 5.52. The Kier molecular flexibility index (Phi) is 2.18. The van der Waals surface area contributed by atoms with E-state index in [0.29, 0.717) is 0 Å². The number of amides is 1. The van der Waals surface area contributed by atoms with Gasteiger partial charge in [0.1, 0.15) is 6.04 Å². The van der Waals surface area contributed by atoms with Crippen molar-refractivity contribution in [1.82, 2.24) is 4.90 Å². The summed E-state index contributed by atoms with van der Waals surface area (Å²) in [6, 6.07) is -1.10. The molecule has 3 N–H and O–H groups in total. The number of rotatable bonds is 1. The Labute approximate surface area is 68.0 Å². The van der Waals surface area contributed by atoms with E-state index < -0.39 is 24.2 Å². The lowest BCUT2D eigenvalue weighted by Gasteiger charge is -2.16. The highest BCUT2D eigenvalue weighted by molar-refractivity contribution is 5.80. The van der Waals surface area contributed by atoms with Gasteiger partial charge in [0.2, 0.25) is 0 Å². The van der Waals surface area contributed by atoms with Crippen LogP contribution >= 0.6 is 0 Å². The molecule has 6 nitrogen and oxygen atoms in total. The van der Waals surface area contributed by atoms with Gasteiger partial charge in [-0.05, 0) is 0 Å². The van der Waals surface area contributed by atoms with Gasteiger partial charge < -0.3 is 15.3 Å². The summed E-state index contributed by atoms with van der Waals surface area (Å²) in [5, 5.41) is 26.0. The number of carboxylic acid groups (broad SMARTS) is 2. The summed E-state index contributed by atoms with van der Waals surface area (Å²) in [6.45, 7) is -0.119. The van der Waals surface area contributed by atoms with Gasteiger partial charge in [-0.3, -0.25) is 4.90 Å². The van der Waals surface area contributed by atoms with Crippen LogP contribution < -0.4 is 0 Å². The molecular formula is C6H9NO5. The second kappa shape index (κ2) is 2.98. The highest BCUT2D eigenvalue weighted by atomic mass is 16.4. The lowest BCUT2D eigenvalue weighted by atomic mass is 10.2. The maximum absolute atomic E-state index is 10.4. The van der Waals surface area contributed by atoms with Gasteiger partial charge in [-0.25, -0.2) is 9.59 Å². The molecule has 0 aromatic rings. The quantitative estimate of drug-likeness (QED) is 0.484. The molecule has 6 heteroatoms. The Balaban J connectivity index is 2.72. The summed E-state index contributed by atoms with van der Waals surface area (Å²) >= 11 is 0. The molecule has 1 aliphatic heterocycles. The monoisotopic (exact) mass is 175 g/mol. The van der Waals surface area contributed by atoms with Crippen molar-refractivity contribution in [2.45, 2.75) is 18.6 Å². The molecule has 1 amide bonds. The predicted molar refractivity (Wildman–Crippen MR) is 36.8 cm³/mol. The van der Waals surface area contributed by atoms with Crippen LogP contribution in [-0.2, 0) is 4.79 Å². The Bertz CT molecular complexity index is 194. The molecule has 1 aliphatic rings. The summed E-state index contributed by atoms with van der Waals surface area (Å²) in [5.74, 6) is -1.21. The number of hydrogen-bond acceptors (Lipinski definition) is 3. The standard InChI is InChI=1S/C6H9NO5/c8-3-1-4(5(9)10)7(2-3)6(11)12/h3-4,8H,1-2H2,(H,9,10)(H,11,12)/t3-,4-/m0/s1. The normalized spacial score (nSPS) is 28.9. The Morgan fingerprint density at radius 3 is 2.25 bits per heavy atom. The molecule has 0 saturated carbocycles. The highest BCUT2D eigenvalue weighted by Gasteiger charge is 2.38. The van der Waals surface area contributed by atoms with Crippen molar-refractivity contribution in [1.29, 1.82) is 0 Å². The van der Waals surface area contributed by atoms with Crippen molar-refractivity contribution in [2.24, 2.45) is 0 Å². The number of β-amino-alcohol motifs (C(OH)–C–C–N with tert-alkyl or cyclic N) is 1. The zero-order chi connectivity index (χ0) is 9.30. The van der Waals surface area contributed by atoms with Crippen molar-refractivity contribution >= 4 is 12.1 Å². The SMILES string of the molecule is O=C(O)[C@@H]1C[C@H](O)CN1C(=O)O. The highest BCUT2D eigenvalue weighted by Crippen LogP contribution is 2.17. The van der Waals surface area contributed by atoms with Crippen LogP contribution in [0.3, 0.4) is 0 Å². The van der Waals surface area contributed by atoms with E-state index in [4.69, 9.17) is 15.3 Å². The van der Waals surface area contributed by atoms with E-state index in [1.165, 1.54) is 0 Å². The van der Waals surface area contributed by atoms with Crippen molar-refractivity contribution in [3.8, 4) is 0 Å². The molecule has 0 radical (unpaired) electrons. The number of hydrogen-bond donors (Lipinski definition) is 3. The smallest absolute Gasteiger partial charge is 0.408 e.